The third-order valence-corrected chi connectivity index (χ3v) is 6.54. The van der Waals surface area contributed by atoms with Crippen molar-refractivity contribution in [1.29, 1.82) is 0 Å². The molecule has 0 atom stereocenters. The van der Waals surface area contributed by atoms with Crippen LogP contribution < -0.4 is 0 Å². The summed E-state index contributed by atoms with van der Waals surface area (Å²) in [6.45, 7) is 14.2. The first-order chi connectivity index (χ1) is 16.7. The van der Waals surface area contributed by atoms with Crippen molar-refractivity contribution in [2.24, 2.45) is 0 Å². The predicted molar refractivity (Wildman–Crippen MR) is 97.7 cm³/mol. The van der Waals surface area contributed by atoms with Gasteiger partial charge in [0.2, 0.25) is 0 Å². The van der Waals surface area contributed by atoms with E-state index in [0.717, 1.165) is 0 Å². The Morgan fingerprint density at radius 2 is 0.718 bits per heavy atom. The van der Waals surface area contributed by atoms with Crippen LogP contribution in [0.25, 0.3) is 0 Å². The molecule has 0 aliphatic rings. The molecule has 0 aromatic rings. The highest BCUT2D eigenvalue weighted by Crippen LogP contribution is 2.63. The second kappa shape index (κ2) is 11.5. The average molecular weight is 643 g/mol. The van der Waals surface area contributed by atoms with Crippen LogP contribution in [0.4, 0.5) is 74.6 Å². The van der Waals surface area contributed by atoms with Crippen LogP contribution in [0.2, 0.25) is 0 Å². The van der Waals surface area contributed by atoms with Gasteiger partial charge in [-0.3, -0.25) is 0 Å². The Labute approximate surface area is 210 Å². The molecule has 0 saturated carbocycles. The maximum absolute atomic E-state index is 13.1. The van der Waals surface area contributed by atoms with Gasteiger partial charge in [-0.1, -0.05) is 0 Å². The van der Waals surface area contributed by atoms with Crippen LogP contribution in [0.15, 0.2) is 0 Å². The molecular weight excluding hydrogens is 621 g/mol. The van der Waals surface area contributed by atoms with Gasteiger partial charge in [0.05, 0.1) is 26.2 Å². The van der Waals surface area contributed by atoms with Crippen LogP contribution in [0.5, 0.6) is 0 Å². The van der Waals surface area contributed by atoms with Gasteiger partial charge in [0.1, 0.15) is 15.9 Å². The third-order valence-electron chi connectivity index (χ3n) is 5.83. The molecule has 0 aromatic carbocycles. The van der Waals surface area contributed by atoms with Crippen molar-refractivity contribution in [3.05, 3.63) is 0 Å². The largest absolute Gasteiger partial charge is 0.748 e. The van der Waals surface area contributed by atoms with Gasteiger partial charge in [-0.15, -0.1) is 0 Å². The molecule has 0 heterocycles. The molecule has 0 unspecified atom stereocenters. The van der Waals surface area contributed by atoms with Crippen molar-refractivity contribution in [3.8, 4) is 0 Å². The molecule has 0 N–H and O–H groups in total. The molecule has 0 aromatic heterocycles. The van der Waals surface area contributed by atoms with E-state index in [1.807, 2.05) is 0 Å². The molecule has 4 nitrogen and oxygen atoms in total. The van der Waals surface area contributed by atoms with E-state index in [9.17, 15) is 87.6 Å². The summed E-state index contributed by atoms with van der Waals surface area (Å²) in [6, 6.07) is 0. The van der Waals surface area contributed by atoms with Crippen molar-refractivity contribution in [3.63, 3.8) is 0 Å². The first-order valence-corrected chi connectivity index (χ1v) is 11.8. The Bertz CT molecular complexity index is 894. The molecule has 0 saturated heterocycles. The summed E-state index contributed by atoms with van der Waals surface area (Å²) in [7, 11) is -6.74. The number of hydrogen-bond donors (Lipinski definition) is 0. The zero-order valence-corrected chi connectivity index (χ0v) is 20.9. The van der Waals surface area contributed by atoms with Crippen LogP contribution in [0, 0.1) is 0 Å². The first-order valence-electron chi connectivity index (χ1n) is 10.2. The maximum Gasteiger partial charge on any atom is 0.460 e. The number of nitrogens with zero attached hydrogens (tertiary/aromatic N) is 1. The second-order valence-corrected chi connectivity index (χ2v) is 9.36. The molecule has 0 fully saturated rings. The monoisotopic (exact) mass is 643 g/mol. The minimum absolute atomic E-state index is 1.28. The summed E-state index contributed by atoms with van der Waals surface area (Å²) in [5, 5.41) is 0. The minimum Gasteiger partial charge on any atom is -0.748 e. The fourth-order valence-corrected chi connectivity index (χ4v) is 3.48. The topological polar surface area (TPSA) is 57.2 Å². The fourth-order valence-electron chi connectivity index (χ4n) is 2.85. The highest BCUT2D eigenvalue weighted by atomic mass is 32.2. The van der Waals surface area contributed by atoms with Crippen LogP contribution in [-0.4, -0.2) is 97.0 Å². The van der Waals surface area contributed by atoms with Gasteiger partial charge in [-0.05, 0) is 27.7 Å². The fraction of sp³-hybridized carbons (Fsp3) is 1.00. The van der Waals surface area contributed by atoms with Gasteiger partial charge in [0.15, 0.2) is 0 Å². The van der Waals surface area contributed by atoms with E-state index in [1.54, 1.807) is 0 Å². The molecule has 39 heavy (non-hydrogen) atoms. The molecule has 0 rings (SSSR count). The average Bonchev–Trinajstić information content (AvgIpc) is 2.73. The van der Waals surface area contributed by atoms with E-state index in [1.165, 1.54) is 30.7 Å². The zero-order valence-electron chi connectivity index (χ0n) is 20.0. The van der Waals surface area contributed by atoms with Crippen molar-refractivity contribution in [2.45, 2.75) is 75.3 Å². The summed E-state index contributed by atoms with van der Waals surface area (Å²) in [6.07, 6.45) is -7.87. The summed E-state index contributed by atoms with van der Waals surface area (Å²) in [4.78, 5) is 0. The van der Waals surface area contributed by atoms with E-state index in [2.05, 4.69) is 27.7 Å². The molecule has 22 heteroatoms. The molecule has 0 radical (unpaired) electrons. The molecule has 0 spiro atoms. The van der Waals surface area contributed by atoms with E-state index in [4.69, 9.17) is 0 Å². The highest BCUT2D eigenvalue weighted by molar-refractivity contribution is 7.85. The van der Waals surface area contributed by atoms with E-state index in [-0.39, 0.29) is 0 Å². The SMILES string of the molecule is CC[N+](CC)(CC)CC.O=S(=O)([O-])CC(F)(F)C(F)(F)C(F)(F)C(F)(F)C(F)(F)C(F)(F)C(F)(F)C(F)(F)F. The van der Waals surface area contributed by atoms with E-state index < -0.39 is 63.5 Å². The number of quaternary nitrogens is 1. The molecule has 238 valence electrons. The van der Waals surface area contributed by atoms with E-state index in [0.29, 0.717) is 0 Å². The van der Waals surface area contributed by atoms with Crippen molar-refractivity contribution in [2.75, 3.05) is 31.9 Å². The van der Waals surface area contributed by atoms with Crippen molar-refractivity contribution < 1.29 is 92.1 Å². The number of alkyl halides is 17. The van der Waals surface area contributed by atoms with Gasteiger partial charge in [-0.2, -0.15) is 74.6 Å². The lowest BCUT2D eigenvalue weighted by Gasteiger charge is -2.42. The van der Waals surface area contributed by atoms with Gasteiger partial charge in [0.25, 0.3) is 0 Å². The number of rotatable bonds is 12. The Morgan fingerprint density at radius 3 is 0.897 bits per heavy atom. The predicted octanol–water partition coefficient (Wildman–Crippen LogP) is 6.42. The quantitative estimate of drug-likeness (QED) is 0.140. The van der Waals surface area contributed by atoms with Crippen molar-refractivity contribution >= 4 is 10.1 Å². The lowest BCUT2D eigenvalue weighted by Crippen LogP contribution is -2.74. The van der Waals surface area contributed by atoms with Crippen molar-refractivity contribution in [1.82, 2.24) is 0 Å². The normalized spacial score (nSPS) is 15.6. The lowest BCUT2D eigenvalue weighted by molar-refractivity contribution is -0.921. The lowest BCUT2D eigenvalue weighted by atomic mass is 9.89. The Kier molecular flexibility index (Phi) is 11.8. The third kappa shape index (κ3) is 6.95. The maximum atomic E-state index is 13.1. The van der Waals surface area contributed by atoms with E-state index >= 15 is 0 Å². The summed E-state index contributed by atoms with van der Waals surface area (Å²) >= 11 is 0. The van der Waals surface area contributed by atoms with Crippen LogP contribution in [0.1, 0.15) is 27.7 Å². The number of hydrogen-bond acceptors (Lipinski definition) is 3. The molecule has 0 aliphatic carbocycles. The Hall–Kier alpha value is -1.32. The molecule has 0 amide bonds. The van der Waals surface area contributed by atoms with Crippen LogP contribution >= 0.6 is 0 Å². The Balaban J connectivity index is 0. The highest BCUT2D eigenvalue weighted by Gasteiger charge is 2.95. The van der Waals surface area contributed by atoms with Crippen LogP contribution in [0.3, 0.4) is 0 Å². The summed E-state index contributed by atoms with van der Waals surface area (Å²) < 4.78 is 248. The van der Waals surface area contributed by atoms with Gasteiger partial charge >= 0.3 is 47.6 Å². The van der Waals surface area contributed by atoms with Gasteiger partial charge in [0, 0.05) is 0 Å². The van der Waals surface area contributed by atoms with Crippen LogP contribution in [-0.2, 0) is 10.1 Å². The Morgan fingerprint density at radius 1 is 0.487 bits per heavy atom. The first kappa shape index (κ1) is 39.8. The molecule has 0 bridgehead atoms. The molecular formula is C17H22F17NO3S. The minimum atomic E-state index is -8.81. The molecule has 0 aliphatic heterocycles. The second-order valence-electron chi connectivity index (χ2n) is 7.96. The standard InChI is InChI=1S/C9H3F17O3S.C8H20N/c10-2(11,1-30(27,28)29)3(12,13)4(14,15)5(16,17)6(18,19)7(20,21)8(22,23)9(24,25)26;1-5-9(6-2,7-3)8-4/h1H2,(H,27,28,29);5-8H2,1-4H3/q;+1/p-1. The zero-order chi connectivity index (χ0) is 32.5. The smallest absolute Gasteiger partial charge is 0.460 e. The summed E-state index contributed by atoms with van der Waals surface area (Å²) in [5.74, 6) is -62.6. The van der Waals surface area contributed by atoms with Gasteiger partial charge in [-0.25, -0.2) is 8.42 Å². The van der Waals surface area contributed by atoms with Gasteiger partial charge < -0.3 is 9.04 Å². The summed E-state index contributed by atoms with van der Waals surface area (Å²) in [5.41, 5.74) is 0. The number of halogens is 17.